The van der Waals surface area contributed by atoms with Crippen LogP contribution in [0.4, 0.5) is 10.2 Å². The van der Waals surface area contributed by atoms with Gasteiger partial charge in [0.15, 0.2) is 0 Å². The number of nitrogens with zero attached hydrogens (tertiary/aromatic N) is 2. The Morgan fingerprint density at radius 2 is 1.95 bits per heavy atom. The van der Waals surface area contributed by atoms with Gasteiger partial charge in [0, 0.05) is 17.6 Å². The van der Waals surface area contributed by atoms with Crippen LogP contribution in [0.1, 0.15) is 29.5 Å². The van der Waals surface area contributed by atoms with Gasteiger partial charge in [-0.15, -0.1) is 0 Å². The molecule has 1 aromatic carbocycles. The van der Waals surface area contributed by atoms with Gasteiger partial charge < -0.3 is 4.90 Å². The van der Waals surface area contributed by atoms with E-state index in [1.165, 1.54) is 0 Å². The van der Waals surface area contributed by atoms with Crippen molar-refractivity contribution in [1.82, 2.24) is 0 Å². The Morgan fingerprint density at radius 3 is 2.50 bits per heavy atom. The number of carbonyl (C=O) groups excluding carboxylic acids is 1. The molecule has 0 aliphatic carbocycles. The molecule has 0 unspecified atom stereocenters. The van der Waals surface area contributed by atoms with Crippen molar-refractivity contribution in [3.05, 3.63) is 28.8 Å². The van der Waals surface area contributed by atoms with Gasteiger partial charge in [0.05, 0.1) is 17.2 Å². The second kappa shape index (κ2) is 5.91. The number of halogens is 1. The Morgan fingerprint density at radius 1 is 1.35 bits per heavy atom. The van der Waals surface area contributed by atoms with Crippen molar-refractivity contribution < 1.29 is 14.3 Å². The fraction of sp³-hybridized carbons (Fsp3) is 0.467. The molecule has 5 heteroatoms. The zero-order valence-corrected chi connectivity index (χ0v) is 11.6. The minimum absolute atomic E-state index is 0.382. The van der Waals surface area contributed by atoms with Crippen LogP contribution in [0.3, 0.4) is 0 Å². The molecule has 0 atom stereocenters. The molecule has 0 bridgehead atoms. The van der Waals surface area contributed by atoms with Gasteiger partial charge in [-0.25, -0.2) is 4.79 Å². The third-order valence-electron chi connectivity index (χ3n) is 3.92. The average molecular weight is 276 g/mol. The molecule has 0 amide bonds. The zero-order valence-electron chi connectivity index (χ0n) is 11.6. The predicted molar refractivity (Wildman–Crippen MR) is 72.8 cm³/mol. The van der Waals surface area contributed by atoms with Gasteiger partial charge in [-0.05, 0) is 37.8 Å². The van der Waals surface area contributed by atoms with Gasteiger partial charge in [-0.1, -0.05) is 12.1 Å². The minimum atomic E-state index is -0.786. The highest BCUT2D eigenvalue weighted by Crippen LogP contribution is 2.31. The number of aryl methyl sites for hydroxylation is 2. The first-order valence-corrected chi connectivity index (χ1v) is 6.66. The maximum atomic E-state index is 11.9. The van der Waals surface area contributed by atoms with Crippen molar-refractivity contribution in [2.75, 3.05) is 18.0 Å². The van der Waals surface area contributed by atoms with Crippen LogP contribution in [-0.4, -0.2) is 19.1 Å². The van der Waals surface area contributed by atoms with Crippen molar-refractivity contribution >= 4 is 11.7 Å². The van der Waals surface area contributed by atoms with Crippen LogP contribution < -0.4 is 4.90 Å². The van der Waals surface area contributed by atoms with E-state index < -0.39 is 5.97 Å². The summed E-state index contributed by atoms with van der Waals surface area (Å²) in [6, 6.07) is 6.18. The van der Waals surface area contributed by atoms with Gasteiger partial charge >= 0.3 is 5.97 Å². The van der Waals surface area contributed by atoms with Crippen LogP contribution in [0.5, 0.6) is 0 Å². The summed E-state index contributed by atoms with van der Waals surface area (Å²) in [6.07, 6.45) is 1.09. The standard InChI is InChI=1S/C15H17FN2O2/c1-10-3-4-11(2)14(13(10)9-17)18-7-5-12(6-8-18)15(19)20-16/h3-4,12H,5-8H2,1-2H3. The molecular weight excluding hydrogens is 259 g/mol. The van der Waals surface area contributed by atoms with Crippen LogP contribution in [-0.2, 0) is 9.74 Å². The van der Waals surface area contributed by atoms with Crippen LogP contribution in [0.2, 0.25) is 0 Å². The fourth-order valence-electron chi connectivity index (χ4n) is 2.75. The highest BCUT2D eigenvalue weighted by Gasteiger charge is 2.28. The molecule has 0 radical (unpaired) electrons. The molecule has 4 nitrogen and oxygen atoms in total. The van der Waals surface area contributed by atoms with Crippen molar-refractivity contribution in [2.24, 2.45) is 5.92 Å². The Balaban J connectivity index is 2.21. The van der Waals surface area contributed by atoms with E-state index in [9.17, 15) is 14.6 Å². The predicted octanol–water partition coefficient (Wildman–Crippen LogP) is 2.82. The molecule has 1 fully saturated rings. The van der Waals surface area contributed by atoms with Crippen LogP contribution in [0.25, 0.3) is 0 Å². The SMILES string of the molecule is Cc1ccc(C)c(N2CCC(C(=O)OF)CC2)c1C#N. The van der Waals surface area contributed by atoms with E-state index in [1.54, 1.807) is 0 Å². The Labute approximate surface area is 117 Å². The summed E-state index contributed by atoms with van der Waals surface area (Å²) < 4.78 is 11.9. The topological polar surface area (TPSA) is 53.3 Å². The summed E-state index contributed by atoms with van der Waals surface area (Å²) in [5.41, 5.74) is 3.59. The summed E-state index contributed by atoms with van der Waals surface area (Å²) in [6.45, 7) is 5.13. The Kier molecular flexibility index (Phi) is 4.23. The normalized spacial score (nSPS) is 15.8. The summed E-state index contributed by atoms with van der Waals surface area (Å²) >= 11 is 0. The van der Waals surface area contributed by atoms with E-state index in [4.69, 9.17) is 0 Å². The minimum Gasteiger partial charge on any atom is -0.370 e. The zero-order chi connectivity index (χ0) is 14.7. The first-order valence-electron chi connectivity index (χ1n) is 6.66. The van der Waals surface area contributed by atoms with Crippen molar-refractivity contribution in [3.63, 3.8) is 0 Å². The summed E-state index contributed by atoms with van der Waals surface area (Å²) in [7, 11) is 0. The molecule has 0 aromatic heterocycles. The number of nitriles is 1. The van der Waals surface area contributed by atoms with E-state index in [0.29, 0.717) is 31.5 Å². The van der Waals surface area contributed by atoms with Crippen LogP contribution in [0.15, 0.2) is 12.1 Å². The largest absolute Gasteiger partial charge is 0.370 e. The van der Waals surface area contributed by atoms with Crippen LogP contribution >= 0.6 is 0 Å². The summed E-state index contributed by atoms with van der Waals surface area (Å²) in [5.74, 6) is -1.17. The molecule has 0 saturated carbocycles. The Bertz CT molecular complexity index is 558. The number of anilines is 1. The third-order valence-corrected chi connectivity index (χ3v) is 3.92. The van der Waals surface area contributed by atoms with Crippen molar-refractivity contribution in [3.8, 4) is 6.07 Å². The summed E-state index contributed by atoms with van der Waals surface area (Å²) in [4.78, 5) is 16.6. The maximum Gasteiger partial charge on any atom is 0.351 e. The fourth-order valence-corrected chi connectivity index (χ4v) is 2.75. The third kappa shape index (κ3) is 2.60. The van der Waals surface area contributed by atoms with E-state index in [0.717, 1.165) is 16.8 Å². The lowest BCUT2D eigenvalue weighted by Gasteiger charge is -2.33. The molecule has 1 heterocycles. The number of piperidine rings is 1. The highest BCUT2D eigenvalue weighted by molar-refractivity contribution is 5.73. The van der Waals surface area contributed by atoms with E-state index in [1.807, 2.05) is 26.0 Å². The number of rotatable bonds is 2. The Hall–Kier alpha value is -2.09. The quantitative estimate of drug-likeness (QED) is 0.833. The molecule has 2 rings (SSSR count). The monoisotopic (exact) mass is 276 g/mol. The molecule has 1 aliphatic rings. The van der Waals surface area contributed by atoms with E-state index in [2.05, 4.69) is 15.9 Å². The lowest BCUT2D eigenvalue weighted by Crippen LogP contribution is -2.37. The molecule has 1 aliphatic heterocycles. The smallest absolute Gasteiger partial charge is 0.351 e. The second-order valence-electron chi connectivity index (χ2n) is 5.19. The van der Waals surface area contributed by atoms with Gasteiger partial charge in [-0.2, -0.15) is 5.26 Å². The van der Waals surface area contributed by atoms with Crippen LogP contribution in [0, 0.1) is 31.1 Å². The van der Waals surface area contributed by atoms with Crippen molar-refractivity contribution in [1.29, 1.82) is 5.26 Å². The average Bonchev–Trinajstić information content (AvgIpc) is 2.48. The molecule has 20 heavy (non-hydrogen) atoms. The highest BCUT2D eigenvalue weighted by atomic mass is 19.3. The number of carbonyl (C=O) groups is 1. The molecule has 0 spiro atoms. The molecule has 106 valence electrons. The van der Waals surface area contributed by atoms with Crippen molar-refractivity contribution in [2.45, 2.75) is 26.7 Å². The van der Waals surface area contributed by atoms with Gasteiger partial charge in [-0.3, -0.25) is 4.94 Å². The first-order chi connectivity index (χ1) is 9.58. The van der Waals surface area contributed by atoms with E-state index >= 15 is 0 Å². The second-order valence-corrected chi connectivity index (χ2v) is 5.19. The number of hydrogen-bond acceptors (Lipinski definition) is 4. The van der Waals surface area contributed by atoms with Gasteiger partial charge in [0.25, 0.3) is 0 Å². The maximum absolute atomic E-state index is 11.9. The van der Waals surface area contributed by atoms with E-state index in [-0.39, 0.29) is 5.92 Å². The lowest BCUT2D eigenvalue weighted by atomic mass is 9.94. The molecule has 1 saturated heterocycles. The molecular formula is C15H17FN2O2. The number of hydrogen-bond donors (Lipinski definition) is 0. The lowest BCUT2D eigenvalue weighted by molar-refractivity contribution is -0.189. The molecule has 0 N–H and O–H groups in total. The molecule has 1 aromatic rings. The first kappa shape index (κ1) is 14.3. The number of benzene rings is 1. The summed E-state index contributed by atoms with van der Waals surface area (Å²) in [5, 5.41) is 9.33. The van der Waals surface area contributed by atoms with Gasteiger partial charge in [0.2, 0.25) is 0 Å². The van der Waals surface area contributed by atoms with Gasteiger partial charge in [0.1, 0.15) is 6.07 Å².